The van der Waals surface area contributed by atoms with Gasteiger partial charge < -0.3 is 15.9 Å². The number of hydrogen-bond acceptors (Lipinski definition) is 5. The summed E-state index contributed by atoms with van der Waals surface area (Å²) in [5, 5.41) is 6.71. The van der Waals surface area contributed by atoms with E-state index in [1.165, 1.54) is 38.9 Å². The first kappa shape index (κ1) is 28.6. The lowest BCUT2D eigenvalue weighted by Gasteiger charge is -2.41. The lowest BCUT2D eigenvalue weighted by atomic mass is 10.1. The van der Waals surface area contributed by atoms with E-state index >= 15 is 0 Å². The molecule has 4 aromatic rings. The van der Waals surface area contributed by atoms with E-state index < -0.39 is 31.4 Å². The van der Waals surface area contributed by atoms with Gasteiger partial charge in [0.05, 0.1) is 11.2 Å². The predicted molar refractivity (Wildman–Crippen MR) is 160 cm³/mol. The van der Waals surface area contributed by atoms with Crippen LogP contribution < -0.4 is 26.6 Å². The van der Waals surface area contributed by atoms with E-state index in [1.807, 2.05) is 0 Å². The van der Waals surface area contributed by atoms with Crippen LogP contribution in [-0.2, 0) is 15.9 Å². The fraction of sp³-hybridized carbons (Fsp3) is 0.233. The quantitative estimate of drug-likeness (QED) is 0.289. The van der Waals surface area contributed by atoms with Crippen molar-refractivity contribution in [3.05, 3.63) is 89.9 Å². The Labute approximate surface area is 246 Å². The lowest BCUT2D eigenvalue weighted by Crippen LogP contribution is -2.61. The molecule has 4 N–H and O–H groups in total. The number of amides is 4. The number of halogens is 1. The number of primary amides is 1. The van der Waals surface area contributed by atoms with E-state index in [0.29, 0.717) is 47.2 Å². The number of aryl methyl sites for hydroxylation is 1. The van der Waals surface area contributed by atoms with E-state index in [9.17, 15) is 28.2 Å². The standard InChI is InChI=1S/C30H30FN6O5P/c1-19-6-5-7-20(27(19)31)17-33-28(38)25-12-13-34-14-15-35(30(40)37(25)34)26-18-36(29(32)39)24-11-10-22(16-23(24)26)43(41,42)21-8-3-2-4-9-21/h2-11,16,18,25H,12-15,17H2,1H3,(H2,32,39)(H,33,38)(H,41,42)/t25-/m0/s1. The number of urea groups is 1. The maximum absolute atomic E-state index is 14.5. The third kappa shape index (κ3) is 4.97. The van der Waals surface area contributed by atoms with Crippen LogP contribution in [0.5, 0.6) is 0 Å². The molecule has 0 radical (unpaired) electrons. The molecule has 43 heavy (non-hydrogen) atoms. The number of nitrogens with zero attached hydrogens (tertiary/aromatic N) is 4. The van der Waals surface area contributed by atoms with E-state index in [2.05, 4.69) is 5.32 Å². The first-order valence-corrected chi connectivity index (χ1v) is 15.4. The topological polar surface area (TPSA) is 141 Å². The van der Waals surface area contributed by atoms with Crippen molar-refractivity contribution in [3.63, 3.8) is 0 Å². The maximum Gasteiger partial charge on any atom is 0.339 e. The molecule has 2 aliphatic heterocycles. The average molecular weight is 605 g/mol. The Balaban J connectivity index is 1.32. The van der Waals surface area contributed by atoms with Gasteiger partial charge >= 0.3 is 12.1 Å². The summed E-state index contributed by atoms with van der Waals surface area (Å²) in [4.78, 5) is 52.1. The summed E-state index contributed by atoms with van der Waals surface area (Å²) >= 11 is 0. The zero-order valence-corrected chi connectivity index (χ0v) is 24.2. The molecule has 2 atom stereocenters. The Kier molecular flexibility index (Phi) is 7.29. The van der Waals surface area contributed by atoms with Gasteiger partial charge in [0.2, 0.25) is 5.91 Å². The monoisotopic (exact) mass is 604 g/mol. The minimum atomic E-state index is -4.00. The van der Waals surface area contributed by atoms with Crippen molar-refractivity contribution in [1.29, 1.82) is 0 Å². The number of aromatic nitrogens is 1. The number of nitrogens with one attached hydrogen (secondary N) is 1. The van der Waals surface area contributed by atoms with Crippen molar-refractivity contribution in [2.24, 2.45) is 5.73 Å². The lowest BCUT2D eigenvalue weighted by molar-refractivity contribution is -0.127. The Morgan fingerprint density at radius 3 is 2.56 bits per heavy atom. The van der Waals surface area contributed by atoms with Gasteiger partial charge in [-0.1, -0.05) is 36.4 Å². The number of anilines is 1. The SMILES string of the molecule is Cc1cccc(CNC(=O)[C@@H]2CCN3CCN(c4cn(C(N)=O)c5ccc(P(=O)(O)c6ccccc6)cc45)C(=O)N23)c1F. The number of carbonyl (C=O) groups excluding carboxylic acids is 3. The number of nitrogens with two attached hydrogens (primary N) is 1. The van der Waals surface area contributed by atoms with Crippen LogP contribution >= 0.6 is 7.37 Å². The third-order valence-electron chi connectivity index (χ3n) is 8.05. The van der Waals surface area contributed by atoms with Crippen molar-refractivity contribution in [3.8, 4) is 0 Å². The summed E-state index contributed by atoms with van der Waals surface area (Å²) in [6.07, 6.45) is 1.82. The van der Waals surface area contributed by atoms with Gasteiger partial charge in [-0.3, -0.25) is 18.8 Å². The Morgan fingerprint density at radius 1 is 1.05 bits per heavy atom. The smallest absolute Gasteiger partial charge is 0.339 e. The van der Waals surface area contributed by atoms with Crippen LogP contribution in [-0.4, -0.2) is 63.1 Å². The zero-order chi connectivity index (χ0) is 30.5. The maximum atomic E-state index is 14.5. The molecule has 11 nitrogen and oxygen atoms in total. The molecule has 0 spiro atoms. The molecule has 3 heterocycles. The third-order valence-corrected chi connectivity index (χ3v) is 10.0. The van der Waals surface area contributed by atoms with E-state index in [1.54, 1.807) is 60.5 Å². The molecule has 1 unspecified atom stereocenters. The van der Waals surface area contributed by atoms with E-state index in [4.69, 9.17) is 5.73 Å². The van der Waals surface area contributed by atoms with Gasteiger partial charge in [-0.2, -0.15) is 0 Å². The van der Waals surface area contributed by atoms with Gasteiger partial charge in [0, 0.05) is 53.9 Å². The number of benzene rings is 3. The van der Waals surface area contributed by atoms with E-state index in [-0.39, 0.29) is 29.5 Å². The van der Waals surface area contributed by atoms with Crippen LogP contribution in [0, 0.1) is 12.7 Å². The fourth-order valence-electron chi connectivity index (χ4n) is 5.78. The van der Waals surface area contributed by atoms with Crippen molar-refractivity contribution in [2.45, 2.75) is 25.9 Å². The summed E-state index contributed by atoms with van der Waals surface area (Å²) in [6.45, 7) is 2.76. The summed E-state index contributed by atoms with van der Waals surface area (Å²) in [5.74, 6) is -0.800. The first-order valence-electron chi connectivity index (χ1n) is 13.8. The van der Waals surface area contributed by atoms with Crippen molar-refractivity contribution in [1.82, 2.24) is 19.9 Å². The van der Waals surface area contributed by atoms with Gasteiger partial charge in [-0.25, -0.2) is 24.0 Å². The minimum Gasteiger partial charge on any atom is -0.351 e. The number of fused-ring (bicyclic) bond motifs is 2. The Bertz CT molecular complexity index is 1810. The molecule has 1 aromatic heterocycles. The summed E-state index contributed by atoms with van der Waals surface area (Å²) in [6, 6.07) is 15.6. The number of hydrazine groups is 1. The highest BCUT2D eigenvalue weighted by Crippen LogP contribution is 2.41. The molecule has 2 aliphatic rings. The van der Waals surface area contributed by atoms with Crippen LogP contribution in [0.3, 0.4) is 0 Å². The Morgan fingerprint density at radius 2 is 1.81 bits per heavy atom. The Hall–Kier alpha value is -4.51. The molecule has 0 aliphatic carbocycles. The average Bonchev–Trinajstić information content (AvgIpc) is 3.61. The first-order chi connectivity index (χ1) is 20.6. The number of hydrogen-bond donors (Lipinski definition) is 3. The highest BCUT2D eigenvalue weighted by molar-refractivity contribution is 7.73. The van der Waals surface area contributed by atoms with Gasteiger partial charge in [0.15, 0.2) is 0 Å². The molecular weight excluding hydrogens is 574 g/mol. The predicted octanol–water partition coefficient (Wildman–Crippen LogP) is 2.78. The molecule has 4 amide bonds. The number of carbonyl (C=O) groups is 3. The summed E-state index contributed by atoms with van der Waals surface area (Å²) in [7, 11) is -4.00. The molecule has 6 rings (SSSR count). The summed E-state index contributed by atoms with van der Waals surface area (Å²) < 4.78 is 29.2. The van der Waals surface area contributed by atoms with Gasteiger partial charge in [-0.15, -0.1) is 0 Å². The second-order valence-electron chi connectivity index (χ2n) is 10.6. The molecule has 222 valence electrons. The van der Waals surface area contributed by atoms with Crippen LogP contribution in [0.4, 0.5) is 19.7 Å². The van der Waals surface area contributed by atoms with Crippen molar-refractivity contribution >= 4 is 52.5 Å². The van der Waals surface area contributed by atoms with Crippen LogP contribution in [0.15, 0.2) is 72.9 Å². The highest BCUT2D eigenvalue weighted by Gasteiger charge is 2.45. The molecule has 3 aromatic carbocycles. The zero-order valence-electron chi connectivity index (χ0n) is 23.3. The molecule has 0 bridgehead atoms. The number of rotatable bonds is 6. The second-order valence-corrected chi connectivity index (χ2v) is 12.8. The molecule has 0 saturated carbocycles. The molecule has 2 saturated heterocycles. The highest BCUT2D eigenvalue weighted by atomic mass is 31.2. The van der Waals surface area contributed by atoms with Crippen molar-refractivity contribution in [2.75, 3.05) is 24.5 Å². The van der Waals surface area contributed by atoms with Gasteiger partial charge in [0.25, 0.3) is 7.37 Å². The molecule has 13 heteroatoms. The van der Waals surface area contributed by atoms with Gasteiger partial charge in [0.1, 0.15) is 11.9 Å². The van der Waals surface area contributed by atoms with Gasteiger partial charge in [-0.05, 0) is 49.2 Å². The fourth-order valence-corrected chi connectivity index (χ4v) is 7.24. The second kappa shape index (κ2) is 11.0. The summed E-state index contributed by atoms with van der Waals surface area (Å²) in [5.41, 5.74) is 7.15. The minimum absolute atomic E-state index is 0.0217. The van der Waals surface area contributed by atoms with Crippen molar-refractivity contribution < 1.29 is 28.2 Å². The normalized spacial score (nSPS) is 18.5. The molecular formula is C30H30FN6O5P. The van der Waals surface area contributed by atoms with Crippen LogP contribution in [0.25, 0.3) is 10.9 Å². The van der Waals surface area contributed by atoms with E-state index in [0.717, 1.165) is 0 Å². The van der Waals surface area contributed by atoms with Crippen LogP contribution in [0.1, 0.15) is 17.5 Å². The largest absolute Gasteiger partial charge is 0.351 e. The van der Waals surface area contributed by atoms with Crippen LogP contribution in [0.2, 0.25) is 0 Å². The molecule has 2 fully saturated rings.